The van der Waals surface area contributed by atoms with Crippen molar-refractivity contribution in [2.75, 3.05) is 75.9 Å². The van der Waals surface area contributed by atoms with Crippen LogP contribution in [0.5, 0.6) is 0 Å². The molecule has 0 N–H and O–H groups in total. The molecule has 26 heavy (non-hydrogen) atoms. The molecule has 0 saturated carbocycles. The second-order valence-corrected chi connectivity index (χ2v) is 7.27. The maximum atomic E-state index is 12.7. The molecule has 0 radical (unpaired) electrons. The van der Waals surface area contributed by atoms with Crippen molar-refractivity contribution in [1.82, 2.24) is 19.8 Å². The Morgan fingerprint density at radius 2 is 1.85 bits per heavy atom. The fraction of sp³-hybridized carbons (Fsp3) is 0.722. The van der Waals surface area contributed by atoms with E-state index in [1.807, 2.05) is 17.2 Å². The number of carbonyl (C=O) groups excluding carboxylic acids is 1. The average Bonchev–Trinajstić information content (AvgIpc) is 3.14. The molecule has 3 fully saturated rings. The average molecular weight is 360 g/mol. The molecular formula is C18H28N6O2. The highest BCUT2D eigenvalue weighted by Gasteiger charge is 2.33. The summed E-state index contributed by atoms with van der Waals surface area (Å²) in [4.78, 5) is 30.5. The summed E-state index contributed by atoms with van der Waals surface area (Å²) in [7, 11) is 2.06. The van der Waals surface area contributed by atoms with Gasteiger partial charge in [-0.1, -0.05) is 0 Å². The van der Waals surface area contributed by atoms with Gasteiger partial charge in [0.1, 0.15) is 5.82 Å². The molecule has 3 saturated heterocycles. The Balaban J connectivity index is 1.36. The van der Waals surface area contributed by atoms with Gasteiger partial charge in [-0.05, 0) is 32.5 Å². The highest BCUT2D eigenvalue weighted by molar-refractivity contribution is 5.82. The van der Waals surface area contributed by atoms with Crippen LogP contribution in [0.25, 0.3) is 0 Å². The lowest BCUT2D eigenvalue weighted by Crippen LogP contribution is -2.53. The van der Waals surface area contributed by atoms with E-state index in [9.17, 15) is 4.79 Å². The van der Waals surface area contributed by atoms with Gasteiger partial charge < -0.3 is 19.4 Å². The highest BCUT2D eigenvalue weighted by atomic mass is 16.5. The number of nitrogens with zero attached hydrogens (tertiary/aromatic N) is 6. The lowest BCUT2D eigenvalue weighted by molar-refractivity contribution is -0.135. The molecule has 142 valence electrons. The number of anilines is 2. The topological polar surface area (TPSA) is 65.0 Å². The molecule has 1 atom stereocenters. The Morgan fingerprint density at radius 1 is 1.08 bits per heavy atom. The summed E-state index contributed by atoms with van der Waals surface area (Å²) in [5.41, 5.74) is 0. The van der Waals surface area contributed by atoms with Crippen LogP contribution in [0.4, 0.5) is 11.8 Å². The molecular weight excluding hydrogens is 332 g/mol. The van der Waals surface area contributed by atoms with Crippen LogP contribution in [-0.2, 0) is 9.53 Å². The number of ether oxygens (including phenoxy) is 1. The van der Waals surface area contributed by atoms with Gasteiger partial charge in [0.15, 0.2) is 0 Å². The Morgan fingerprint density at radius 3 is 2.54 bits per heavy atom. The van der Waals surface area contributed by atoms with Gasteiger partial charge >= 0.3 is 0 Å². The molecule has 4 rings (SSSR count). The molecule has 3 aliphatic rings. The Bertz CT molecular complexity index is 628. The normalized spacial score (nSPS) is 25.0. The molecule has 0 spiro atoms. The summed E-state index contributed by atoms with van der Waals surface area (Å²) in [6.45, 7) is 7.32. The Hall–Kier alpha value is -1.93. The van der Waals surface area contributed by atoms with Gasteiger partial charge in [0.2, 0.25) is 11.9 Å². The molecule has 0 aromatic carbocycles. The van der Waals surface area contributed by atoms with Crippen molar-refractivity contribution in [3.63, 3.8) is 0 Å². The predicted octanol–water partition coefficient (Wildman–Crippen LogP) is 0.0560. The van der Waals surface area contributed by atoms with Crippen molar-refractivity contribution in [3.05, 3.63) is 12.3 Å². The Labute approximate surface area is 154 Å². The summed E-state index contributed by atoms with van der Waals surface area (Å²) < 4.78 is 5.40. The fourth-order valence-electron chi connectivity index (χ4n) is 4.02. The second-order valence-electron chi connectivity index (χ2n) is 7.27. The van der Waals surface area contributed by atoms with Gasteiger partial charge in [-0.25, -0.2) is 4.98 Å². The van der Waals surface area contributed by atoms with Crippen molar-refractivity contribution >= 4 is 17.7 Å². The van der Waals surface area contributed by atoms with E-state index in [4.69, 9.17) is 9.72 Å². The molecule has 1 aromatic rings. The maximum Gasteiger partial charge on any atom is 0.240 e. The highest BCUT2D eigenvalue weighted by Crippen LogP contribution is 2.20. The van der Waals surface area contributed by atoms with Crippen LogP contribution >= 0.6 is 0 Å². The summed E-state index contributed by atoms with van der Waals surface area (Å²) in [6, 6.07) is 2.04. The zero-order chi connectivity index (χ0) is 17.9. The van der Waals surface area contributed by atoms with E-state index in [1.54, 1.807) is 0 Å². The number of hydrogen-bond donors (Lipinski definition) is 0. The van der Waals surface area contributed by atoms with Crippen molar-refractivity contribution in [2.24, 2.45) is 0 Å². The molecule has 8 heteroatoms. The zero-order valence-corrected chi connectivity index (χ0v) is 15.5. The summed E-state index contributed by atoms with van der Waals surface area (Å²) in [6.07, 6.45) is 3.95. The summed E-state index contributed by atoms with van der Waals surface area (Å²) >= 11 is 0. The number of aromatic nitrogens is 2. The van der Waals surface area contributed by atoms with E-state index >= 15 is 0 Å². The van der Waals surface area contributed by atoms with Crippen LogP contribution < -0.4 is 9.80 Å². The largest absolute Gasteiger partial charge is 0.378 e. The summed E-state index contributed by atoms with van der Waals surface area (Å²) in [5.74, 6) is 2.02. The summed E-state index contributed by atoms with van der Waals surface area (Å²) in [5, 5.41) is 0. The minimum absolute atomic E-state index is 0.0773. The minimum Gasteiger partial charge on any atom is -0.378 e. The quantitative estimate of drug-likeness (QED) is 0.755. The van der Waals surface area contributed by atoms with E-state index in [2.05, 4.69) is 26.7 Å². The predicted molar refractivity (Wildman–Crippen MR) is 99.5 cm³/mol. The molecule has 1 aromatic heterocycles. The minimum atomic E-state index is 0.0773. The van der Waals surface area contributed by atoms with Crippen molar-refractivity contribution in [1.29, 1.82) is 0 Å². The van der Waals surface area contributed by atoms with Crippen LogP contribution in [0.2, 0.25) is 0 Å². The first-order valence-corrected chi connectivity index (χ1v) is 9.62. The van der Waals surface area contributed by atoms with Crippen molar-refractivity contribution < 1.29 is 9.53 Å². The lowest BCUT2D eigenvalue weighted by atomic mass is 10.1. The van der Waals surface area contributed by atoms with Gasteiger partial charge in [0.05, 0.1) is 19.3 Å². The van der Waals surface area contributed by atoms with Crippen molar-refractivity contribution in [2.45, 2.75) is 18.9 Å². The third-order valence-electron chi connectivity index (χ3n) is 5.64. The van der Waals surface area contributed by atoms with Crippen LogP contribution in [0, 0.1) is 0 Å². The molecule has 0 aliphatic carbocycles. The molecule has 4 heterocycles. The fourth-order valence-corrected chi connectivity index (χ4v) is 4.02. The first-order valence-electron chi connectivity index (χ1n) is 9.62. The van der Waals surface area contributed by atoms with Crippen LogP contribution in [-0.4, -0.2) is 97.8 Å². The van der Waals surface area contributed by atoms with Gasteiger partial charge in [-0.3, -0.25) is 9.69 Å². The monoisotopic (exact) mass is 360 g/mol. The van der Waals surface area contributed by atoms with E-state index in [1.165, 1.54) is 0 Å². The Kier molecular flexibility index (Phi) is 5.21. The molecule has 8 nitrogen and oxygen atoms in total. The number of piperazine rings is 1. The van der Waals surface area contributed by atoms with E-state index < -0.39 is 0 Å². The zero-order valence-electron chi connectivity index (χ0n) is 15.5. The molecule has 0 bridgehead atoms. The van der Waals surface area contributed by atoms with Crippen LogP contribution in [0.15, 0.2) is 12.3 Å². The number of likely N-dealkylation sites (N-methyl/N-ethyl adjacent to an activating group) is 1. The number of carbonyl (C=O) groups is 1. The number of likely N-dealkylation sites (tertiary alicyclic amines) is 1. The number of morpholine rings is 1. The second kappa shape index (κ2) is 7.75. The van der Waals surface area contributed by atoms with Gasteiger partial charge in [0, 0.05) is 45.5 Å². The number of hydrogen-bond acceptors (Lipinski definition) is 7. The van der Waals surface area contributed by atoms with E-state index in [-0.39, 0.29) is 6.04 Å². The molecule has 1 unspecified atom stereocenters. The molecule has 1 amide bonds. The maximum absolute atomic E-state index is 12.7. The molecule has 3 aliphatic heterocycles. The van der Waals surface area contributed by atoms with Gasteiger partial charge in [-0.15, -0.1) is 0 Å². The first kappa shape index (κ1) is 17.5. The van der Waals surface area contributed by atoms with Crippen molar-refractivity contribution in [3.8, 4) is 0 Å². The van der Waals surface area contributed by atoms with Crippen LogP contribution in [0.3, 0.4) is 0 Å². The van der Waals surface area contributed by atoms with E-state index in [0.717, 1.165) is 83.6 Å². The van der Waals surface area contributed by atoms with Crippen LogP contribution in [0.1, 0.15) is 12.8 Å². The van der Waals surface area contributed by atoms with E-state index in [0.29, 0.717) is 5.91 Å². The SMILES string of the molecule is CN1CCCC1C(=O)N1CCN(c2ccnc(N3CCOCC3)n2)CC1. The van der Waals surface area contributed by atoms with Gasteiger partial charge in [0.25, 0.3) is 0 Å². The smallest absolute Gasteiger partial charge is 0.240 e. The number of amides is 1. The first-order chi connectivity index (χ1) is 12.7. The van der Waals surface area contributed by atoms with Gasteiger partial charge in [-0.2, -0.15) is 4.98 Å². The third kappa shape index (κ3) is 3.61. The third-order valence-corrected chi connectivity index (χ3v) is 5.64. The lowest BCUT2D eigenvalue weighted by Gasteiger charge is -2.37. The standard InChI is InChI=1S/C18H28N6O2/c1-21-6-2-3-15(21)17(25)23-9-7-22(8-10-23)16-4-5-19-18(20-16)24-11-13-26-14-12-24/h4-5,15H,2-3,6-14H2,1H3. The number of rotatable bonds is 3.